The summed E-state index contributed by atoms with van der Waals surface area (Å²) in [4.78, 5) is 15.2. The fourth-order valence-corrected chi connectivity index (χ4v) is 4.05. The summed E-state index contributed by atoms with van der Waals surface area (Å²) in [5.74, 6) is 6.63. The lowest BCUT2D eigenvalue weighted by Crippen LogP contribution is -2.29. The lowest BCUT2D eigenvalue weighted by Gasteiger charge is -2.28. The summed E-state index contributed by atoms with van der Waals surface area (Å²) in [6.45, 7) is 2.17. The van der Waals surface area contributed by atoms with Gasteiger partial charge >= 0.3 is 0 Å². The molecule has 0 bridgehead atoms. The third-order valence-corrected chi connectivity index (χ3v) is 5.61. The Morgan fingerprint density at radius 2 is 1.85 bits per heavy atom. The minimum Gasteiger partial charge on any atom is -0.339 e. The van der Waals surface area contributed by atoms with E-state index in [9.17, 15) is 4.79 Å². The molecule has 2 heterocycles. The fourth-order valence-electron chi connectivity index (χ4n) is 3.86. The van der Waals surface area contributed by atoms with Gasteiger partial charge in [-0.3, -0.25) is 9.47 Å². The predicted molar refractivity (Wildman–Crippen MR) is 106 cm³/mol. The van der Waals surface area contributed by atoms with Gasteiger partial charge in [0.05, 0.1) is 5.52 Å². The Morgan fingerprint density at radius 1 is 1.12 bits per heavy atom. The molecule has 1 aromatic heterocycles. The molecule has 1 fully saturated rings. The molecule has 1 saturated heterocycles. The van der Waals surface area contributed by atoms with Crippen molar-refractivity contribution in [2.75, 3.05) is 26.0 Å². The number of rotatable bonds is 3. The highest BCUT2D eigenvalue weighted by Gasteiger charge is 2.23. The van der Waals surface area contributed by atoms with Gasteiger partial charge in [-0.05, 0) is 74.8 Å². The highest BCUT2D eigenvalue weighted by Crippen LogP contribution is 2.34. The molecule has 1 aliphatic rings. The van der Waals surface area contributed by atoms with E-state index < -0.39 is 0 Å². The van der Waals surface area contributed by atoms with Crippen LogP contribution >= 0.6 is 11.6 Å². The normalized spacial score (nSPS) is 16.2. The number of ketones is 1. The quantitative estimate of drug-likeness (QED) is 0.561. The van der Waals surface area contributed by atoms with Crippen molar-refractivity contribution in [2.45, 2.75) is 18.8 Å². The number of piperidine rings is 1. The maximum Gasteiger partial charge on any atom is 0.193 e. The van der Waals surface area contributed by atoms with Gasteiger partial charge in [0.15, 0.2) is 5.78 Å². The average molecular weight is 368 g/mol. The van der Waals surface area contributed by atoms with Gasteiger partial charge in [-0.25, -0.2) is 0 Å². The lowest BCUT2D eigenvalue weighted by molar-refractivity contribution is 0.103. The topological polar surface area (TPSA) is 51.3 Å². The number of nitrogens with two attached hydrogens (primary N) is 1. The number of fused-ring (bicyclic) bond motifs is 1. The zero-order chi connectivity index (χ0) is 18.3. The molecule has 0 amide bonds. The third kappa shape index (κ3) is 3.11. The number of nitrogen functional groups attached to an aromatic ring is 1. The van der Waals surface area contributed by atoms with Gasteiger partial charge in [0.2, 0.25) is 0 Å². The first-order valence-corrected chi connectivity index (χ1v) is 9.29. The summed E-state index contributed by atoms with van der Waals surface area (Å²) in [6, 6.07) is 12.8. The highest BCUT2D eigenvalue weighted by molar-refractivity contribution is 6.31. The number of benzene rings is 2. The molecule has 2 N–H and O–H groups in total. The third-order valence-electron chi connectivity index (χ3n) is 5.37. The number of aromatic nitrogens is 1. The van der Waals surface area contributed by atoms with Crippen LogP contribution in [0, 0.1) is 0 Å². The zero-order valence-electron chi connectivity index (χ0n) is 14.8. The zero-order valence-corrected chi connectivity index (χ0v) is 15.5. The van der Waals surface area contributed by atoms with Gasteiger partial charge in [0.25, 0.3) is 0 Å². The maximum absolute atomic E-state index is 12.9. The molecule has 2 aromatic carbocycles. The molecule has 5 heteroatoms. The number of likely N-dealkylation sites (tertiary alicyclic amines) is 1. The van der Waals surface area contributed by atoms with Gasteiger partial charge in [-0.1, -0.05) is 23.7 Å². The summed E-state index contributed by atoms with van der Waals surface area (Å²) in [5, 5.41) is 1.65. The van der Waals surface area contributed by atoms with Crippen molar-refractivity contribution in [1.82, 2.24) is 9.58 Å². The van der Waals surface area contributed by atoms with Crippen LogP contribution in [-0.2, 0) is 0 Å². The summed E-state index contributed by atoms with van der Waals surface area (Å²) in [5.41, 5.74) is 3.47. The minimum absolute atomic E-state index is 0.0199. The SMILES string of the molecule is CN1CCC(c2cn(N)c3ccc(C(=O)c4cccc(Cl)c4)cc23)CC1. The molecule has 134 valence electrons. The van der Waals surface area contributed by atoms with Crippen LogP contribution in [0.1, 0.15) is 40.2 Å². The van der Waals surface area contributed by atoms with E-state index in [1.165, 1.54) is 5.56 Å². The van der Waals surface area contributed by atoms with Gasteiger partial charge in [-0.15, -0.1) is 0 Å². The van der Waals surface area contributed by atoms with Crippen molar-refractivity contribution in [3.8, 4) is 0 Å². The molecule has 0 spiro atoms. The van der Waals surface area contributed by atoms with E-state index in [4.69, 9.17) is 17.4 Å². The molecule has 0 aliphatic carbocycles. The van der Waals surface area contributed by atoms with Gasteiger partial charge < -0.3 is 10.7 Å². The van der Waals surface area contributed by atoms with Gasteiger partial charge in [-0.2, -0.15) is 0 Å². The number of carbonyl (C=O) groups excluding carboxylic acids is 1. The minimum atomic E-state index is -0.0199. The van der Waals surface area contributed by atoms with Crippen molar-refractivity contribution in [3.05, 3.63) is 70.4 Å². The van der Waals surface area contributed by atoms with E-state index in [-0.39, 0.29) is 5.78 Å². The standard InChI is InChI=1S/C21H22ClN3O/c1-24-9-7-14(8-10-24)19-13-25(23)20-6-5-16(12-18(19)20)21(26)15-3-2-4-17(22)11-15/h2-6,11-14H,7-10,23H2,1H3. The Balaban J connectivity index is 1.74. The molecular weight excluding hydrogens is 346 g/mol. The van der Waals surface area contributed by atoms with Crippen LogP contribution in [0.25, 0.3) is 10.9 Å². The van der Waals surface area contributed by atoms with Crippen LogP contribution in [0.3, 0.4) is 0 Å². The Bertz CT molecular complexity index is 971. The van der Waals surface area contributed by atoms with Crippen molar-refractivity contribution >= 4 is 28.3 Å². The second-order valence-electron chi connectivity index (χ2n) is 7.14. The van der Waals surface area contributed by atoms with Crippen LogP contribution in [-0.4, -0.2) is 35.5 Å². The number of nitrogens with zero attached hydrogens (tertiary/aromatic N) is 2. The lowest BCUT2D eigenvalue weighted by atomic mass is 9.88. The van der Waals surface area contributed by atoms with Crippen LogP contribution in [0.15, 0.2) is 48.7 Å². The van der Waals surface area contributed by atoms with Crippen LogP contribution in [0.5, 0.6) is 0 Å². The molecule has 1 aliphatic heterocycles. The molecule has 26 heavy (non-hydrogen) atoms. The molecule has 0 radical (unpaired) electrons. The Morgan fingerprint density at radius 3 is 2.58 bits per heavy atom. The molecule has 3 aromatic rings. The maximum atomic E-state index is 12.9. The second-order valence-corrected chi connectivity index (χ2v) is 7.58. The van der Waals surface area contributed by atoms with Crippen molar-refractivity contribution in [1.29, 1.82) is 0 Å². The van der Waals surface area contributed by atoms with Gasteiger partial charge in [0.1, 0.15) is 0 Å². The number of carbonyl (C=O) groups is 1. The molecule has 0 saturated carbocycles. The van der Waals surface area contributed by atoms with E-state index in [0.29, 0.717) is 22.1 Å². The van der Waals surface area contributed by atoms with Gasteiger partial charge in [0, 0.05) is 27.7 Å². The summed E-state index contributed by atoms with van der Waals surface area (Å²) in [6.07, 6.45) is 4.25. The summed E-state index contributed by atoms with van der Waals surface area (Å²) < 4.78 is 1.68. The Hall–Kier alpha value is -2.30. The molecule has 0 unspecified atom stereocenters. The first-order valence-electron chi connectivity index (χ1n) is 8.92. The number of hydrogen-bond donors (Lipinski definition) is 1. The van der Waals surface area contributed by atoms with Crippen molar-refractivity contribution in [2.24, 2.45) is 0 Å². The Kier molecular flexibility index (Phi) is 4.47. The largest absolute Gasteiger partial charge is 0.339 e. The fraction of sp³-hybridized carbons (Fsp3) is 0.286. The first kappa shape index (κ1) is 17.1. The average Bonchev–Trinajstić information content (AvgIpc) is 2.98. The molecule has 4 rings (SSSR count). The van der Waals surface area contributed by atoms with Crippen molar-refractivity contribution < 1.29 is 4.79 Å². The van der Waals surface area contributed by atoms with E-state index in [1.54, 1.807) is 28.9 Å². The highest BCUT2D eigenvalue weighted by atomic mass is 35.5. The Labute approximate surface area is 158 Å². The van der Waals surface area contributed by atoms with Crippen molar-refractivity contribution in [3.63, 3.8) is 0 Å². The van der Waals surface area contributed by atoms with Crippen LogP contribution in [0.4, 0.5) is 0 Å². The summed E-state index contributed by atoms with van der Waals surface area (Å²) in [7, 11) is 2.16. The number of halogens is 1. The van der Waals surface area contributed by atoms with E-state index in [0.717, 1.165) is 36.8 Å². The second kappa shape index (κ2) is 6.78. The molecule has 4 nitrogen and oxygen atoms in total. The monoisotopic (exact) mass is 367 g/mol. The van der Waals surface area contributed by atoms with E-state index in [1.807, 2.05) is 24.4 Å². The predicted octanol–water partition coefficient (Wildman–Crippen LogP) is 4.05. The van der Waals surface area contributed by atoms with Crippen LogP contribution < -0.4 is 5.84 Å². The molecular formula is C21H22ClN3O. The smallest absolute Gasteiger partial charge is 0.193 e. The summed E-state index contributed by atoms with van der Waals surface area (Å²) >= 11 is 6.04. The molecule has 0 atom stereocenters. The van der Waals surface area contributed by atoms with E-state index >= 15 is 0 Å². The van der Waals surface area contributed by atoms with Crippen LogP contribution in [0.2, 0.25) is 5.02 Å². The first-order chi connectivity index (χ1) is 12.5. The number of hydrogen-bond acceptors (Lipinski definition) is 3. The van der Waals surface area contributed by atoms with E-state index in [2.05, 4.69) is 11.9 Å².